The Morgan fingerprint density at radius 3 is 2.52 bits per heavy atom. The van der Waals surface area contributed by atoms with Crippen LogP contribution < -0.4 is 5.32 Å². The number of carbonyl (C=O) groups excluding carboxylic acids is 1. The molecule has 2 rings (SSSR count). The molecule has 4 nitrogen and oxygen atoms in total. The van der Waals surface area contributed by atoms with E-state index in [0.717, 1.165) is 11.3 Å². The van der Waals surface area contributed by atoms with Crippen LogP contribution in [0.2, 0.25) is 0 Å². The minimum Gasteiger partial charge on any atom is -0.310 e. The van der Waals surface area contributed by atoms with E-state index in [1.807, 2.05) is 6.92 Å². The number of hydrogen-bond donors (Lipinski definition) is 1. The van der Waals surface area contributed by atoms with Crippen LogP contribution in [0.4, 0.5) is 10.2 Å². The molecule has 21 heavy (non-hydrogen) atoms. The molecule has 108 valence electrons. The van der Waals surface area contributed by atoms with Gasteiger partial charge in [-0.3, -0.25) is 9.36 Å². The predicted octanol–water partition coefficient (Wildman–Crippen LogP) is 3.28. The fourth-order valence-corrected chi connectivity index (χ4v) is 2.21. The van der Waals surface area contributed by atoms with E-state index in [0.29, 0.717) is 17.1 Å². The van der Waals surface area contributed by atoms with Crippen molar-refractivity contribution in [2.45, 2.75) is 13.8 Å². The molecule has 0 aliphatic heterocycles. The number of halogens is 2. The molecule has 0 saturated carbocycles. The normalized spacial score (nSPS) is 10.2. The Kier molecular flexibility index (Phi) is 4.29. The molecule has 1 aromatic carbocycles. The molecule has 0 bridgehead atoms. The maximum atomic E-state index is 13.1. The summed E-state index contributed by atoms with van der Waals surface area (Å²) in [4.78, 5) is 11.6. The number of hydrogen-bond acceptors (Lipinski definition) is 2. The molecule has 0 fully saturated rings. The van der Waals surface area contributed by atoms with Crippen molar-refractivity contribution in [3.8, 4) is 11.8 Å². The molecule has 6 heteroatoms. The van der Waals surface area contributed by atoms with Crippen LogP contribution in [0.15, 0.2) is 24.3 Å². The lowest BCUT2D eigenvalue weighted by molar-refractivity contribution is -0.113. The maximum Gasteiger partial charge on any atom is 0.240 e. The number of aromatic nitrogens is 1. The van der Waals surface area contributed by atoms with Gasteiger partial charge in [-0.1, -0.05) is 0 Å². The van der Waals surface area contributed by atoms with Gasteiger partial charge < -0.3 is 5.32 Å². The summed E-state index contributed by atoms with van der Waals surface area (Å²) < 4.78 is 14.8. The highest BCUT2D eigenvalue weighted by atomic mass is 35.5. The SMILES string of the molecule is Cc1c(C#N)c(NC(=O)CCl)n(-c2ccc(F)cc2)c1C. The highest BCUT2D eigenvalue weighted by Gasteiger charge is 2.20. The number of benzene rings is 1. The lowest BCUT2D eigenvalue weighted by Gasteiger charge is -2.12. The second-order valence-corrected chi connectivity index (χ2v) is 4.81. The summed E-state index contributed by atoms with van der Waals surface area (Å²) in [6.45, 7) is 3.63. The average Bonchev–Trinajstić information content (AvgIpc) is 2.71. The van der Waals surface area contributed by atoms with E-state index in [4.69, 9.17) is 11.6 Å². The van der Waals surface area contributed by atoms with Crippen molar-refractivity contribution in [1.29, 1.82) is 5.26 Å². The quantitative estimate of drug-likeness (QED) is 0.885. The molecule has 0 spiro atoms. The number of nitrogens with one attached hydrogen (secondary N) is 1. The lowest BCUT2D eigenvalue weighted by Crippen LogP contribution is -2.16. The number of alkyl halides is 1. The number of amides is 1. The van der Waals surface area contributed by atoms with Crippen molar-refractivity contribution in [2.24, 2.45) is 0 Å². The van der Waals surface area contributed by atoms with Crippen LogP contribution in [-0.4, -0.2) is 16.4 Å². The first kappa shape index (κ1) is 15.1. The van der Waals surface area contributed by atoms with Crippen LogP contribution in [0.3, 0.4) is 0 Å². The molecule has 1 aromatic heterocycles. The number of rotatable bonds is 3. The first-order valence-corrected chi connectivity index (χ1v) is 6.76. The van der Waals surface area contributed by atoms with Gasteiger partial charge in [0.1, 0.15) is 23.6 Å². The number of carbonyl (C=O) groups is 1. The van der Waals surface area contributed by atoms with Crippen LogP contribution in [0, 0.1) is 31.0 Å². The molecule has 0 atom stereocenters. The van der Waals surface area contributed by atoms with E-state index in [1.54, 1.807) is 23.6 Å². The molecule has 0 aliphatic carbocycles. The van der Waals surface area contributed by atoms with Crippen LogP contribution in [0.25, 0.3) is 5.69 Å². The largest absolute Gasteiger partial charge is 0.310 e. The number of nitriles is 1. The third-order valence-electron chi connectivity index (χ3n) is 3.29. The van der Waals surface area contributed by atoms with Crippen molar-refractivity contribution in [3.05, 3.63) is 46.9 Å². The van der Waals surface area contributed by atoms with Gasteiger partial charge in [-0.2, -0.15) is 5.26 Å². The highest BCUT2D eigenvalue weighted by molar-refractivity contribution is 6.29. The van der Waals surface area contributed by atoms with Crippen molar-refractivity contribution in [1.82, 2.24) is 4.57 Å². The van der Waals surface area contributed by atoms with Crippen molar-refractivity contribution in [3.63, 3.8) is 0 Å². The Morgan fingerprint density at radius 2 is 2.00 bits per heavy atom. The molecule has 0 radical (unpaired) electrons. The summed E-state index contributed by atoms with van der Waals surface area (Å²) >= 11 is 5.51. The van der Waals surface area contributed by atoms with Gasteiger partial charge in [-0.05, 0) is 43.7 Å². The highest BCUT2D eigenvalue weighted by Crippen LogP contribution is 2.30. The van der Waals surface area contributed by atoms with Gasteiger partial charge in [0.25, 0.3) is 0 Å². The van der Waals surface area contributed by atoms with Crippen LogP contribution >= 0.6 is 11.6 Å². The van der Waals surface area contributed by atoms with Gasteiger partial charge in [0, 0.05) is 11.4 Å². The molecular formula is C15H13ClFN3O. The Hall–Kier alpha value is -2.32. The molecule has 0 unspecified atom stereocenters. The summed E-state index contributed by atoms with van der Waals surface area (Å²) in [6.07, 6.45) is 0. The van der Waals surface area contributed by atoms with Gasteiger partial charge >= 0.3 is 0 Å². The summed E-state index contributed by atoms with van der Waals surface area (Å²) in [6, 6.07) is 7.89. The molecular weight excluding hydrogens is 293 g/mol. The Balaban J connectivity index is 2.66. The van der Waals surface area contributed by atoms with E-state index < -0.39 is 5.91 Å². The second kappa shape index (κ2) is 5.98. The topological polar surface area (TPSA) is 57.8 Å². The van der Waals surface area contributed by atoms with E-state index >= 15 is 0 Å². The van der Waals surface area contributed by atoms with Gasteiger partial charge in [0.15, 0.2) is 0 Å². The third kappa shape index (κ3) is 2.76. The van der Waals surface area contributed by atoms with E-state index in [2.05, 4.69) is 11.4 Å². The van der Waals surface area contributed by atoms with Crippen LogP contribution in [-0.2, 0) is 4.79 Å². The Labute approximate surface area is 126 Å². The molecule has 0 saturated heterocycles. The second-order valence-electron chi connectivity index (χ2n) is 4.54. The summed E-state index contributed by atoms with van der Waals surface area (Å²) in [5, 5.41) is 11.9. The van der Waals surface area contributed by atoms with Crippen molar-refractivity contribution < 1.29 is 9.18 Å². The zero-order chi connectivity index (χ0) is 15.6. The van der Waals surface area contributed by atoms with Crippen molar-refractivity contribution in [2.75, 3.05) is 11.2 Å². The van der Waals surface area contributed by atoms with Gasteiger partial charge in [0.05, 0.1) is 5.56 Å². The molecule has 0 aliphatic rings. The zero-order valence-electron chi connectivity index (χ0n) is 11.6. The van der Waals surface area contributed by atoms with Crippen LogP contribution in [0.1, 0.15) is 16.8 Å². The summed E-state index contributed by atoms with van der Waals surface area (Å²) in [5.74, 6) is -0.622. The zero-order valence-corrected chi connectivity index (χ0v) is 12.3. The maximum absolute atomic E-state index is 13.1. The minimum absolute atomic E-state index is 0.211. The molecule has 2 aromatic rings. The van der Waals surface area contributed by atoms with E-state index in [1.165, 1.54) is 12.1 Å². The summed E-state index contributed by atoms with van der Waals surface area (Å²) in [7, 11) is 0. The molecule has 1 heterocycles. The lowest BCUT2D eigenvalue weighted by atomic mass is 10.2. The van der Waals surface area contributed by atoms with Crippen LogP contribution in [0.5, 0.6) is 0 Å². The smallest absolute Gasteiger partial charge is 0.240 e. The fraction of sp³-hybridized carbons (Fsp3) is 0.200. The average molecular weight is 306 g/mol. The Morgan fingerprint density at radius 1 is 1.38 bits per heavy atom. The minimum atomic E-state index is -0.408. The number of nitrogens with zero attached hydrogens (tertiary/aromatic N) is 2. The van der Waals surface area contributed by atoms with Gasteiger partial charge in [0.2, 0.25) is 5.91 Å². The van der Waals surface area contributed by atoms with E-state index in [9.17, 15) is 14.4 Å². The van der Waals surface area contributed by atoms with E-state index in [-0.39, 0.29) is 11.7 Å². The first-order chi connectivity index (χ1) is 9.99. The number of anilines is 1. The van der Waals surface area contributed by atoms with Gasteiger partial charge in [-0.15, -0.1) is 11.6 Å². The standard InChI is InChI=1S/C15H13ClFN3O/c1-9-10(2)20(12-5-3-11(17)4-6-12)15(13(9)8-18)19-14(21)7-16/h3-6H,7H2,1-2H3,(H,19,21). The summed E-state index contributed by atoms with van der Waals surface area (Å²) in [5.41, 5.74) is 2.58. The Bertz CT molecular complexity index is 729. The molecule has 1 amide bonds. The van der Waals surface area contributed by atoms with Crippen molar-refractivity contribution >= 4 is 23.3 Å². The monoisotopic (exact) mass is 305 g/mol. The first-order valence-electron chi connectivity index (χ1n) is 6.23. The van der Waals surface area contributed by atoms with Gasteiger partial charge in [-0.25, -0.2) is 4.39 Å². The third-order valence-corrected chi connectivity index (χ3v) is 3.53. The fourth-order valence-electron chi connectivity index (χ4n) is 2.14. The molecule has 1 N–H and O–H groups in total. The predicted molar refractivity (Wildman–Crippen MR) is 79.3 cm³/mol.